The molecular weight excluding hydrogens is 625 g/mol. The zero-order valence-corrected chi connectivity index (χ0v) is 26.4. The number of anilines is 1. The number of hydrogen-bond acceptors (Lipinski definition) is 8. The molecule has 11 heteroatoms. The number of carbonyl (C=O) groups is 2. The minimum atomic E-state index is -0.946. The fourth-order valence-corrected chi connectivity index (χ4v) is 7.30. The van der Waals surface area contributed by atoms with Gasteiger partial charge in [0.15, 0.2) is 15.9 Å². The van der Waals surface area contributed by atoms with E-state index < -0.39 is 23.5 Å². The molecule has 43 heavy (non-hydrogen) atoms. The van der Waals surface area contributed by atoms with Gasteiger partial charge in [0.1, 0.15) is 5.58 Å². The molecule has 7 nitrogen and oxygen atoms in total. The van der Waals surface area contributed by atoms with Gasteiger partial charge in [-0.05, 0) is 46.4 Å². The van der Waals surface area contributed by atoms with Gasteiger partial charge in [-0.1, -0.05) is 116 Å². The van der Waals surface area contributed by atoms with Crippen molar-refractivity contribution in [1.29, 1.82) is 0 Å². The summed E-state index contributed by atoms with van der Waals surface area (Å²) in [5.74, 6) is -1.42. The average Bonchev–Trinajstić information content (AvgIpc) is 3.68. The number of furan rings is 1. The molecule has 1 aliphatic heterocycles. The highest BCUT2D eigenvalue weighted by atomic mass is 35.5. The summed E-state index contributed by atoms with van der Waals surface area (Å²) in [6.07, 6.45) is 0. The summed E-state index contributed by atoms with van der Waals surface area (Å²) >= 11 is 14.9. The van der Waals surface area contributed by atoms with Crippen LogP contribution in [0.15, 0.2) is 92.9 Å². The number of ketones is 1. The number of nitrogens with zero attached hydrogens (tertiary/aromatic N) is 3. The largest absolute Gasteiger partial charge is 0.503 e. The molecule has 6 rings (SSSR count). The van der Waals surface area contributed by atoms with Crippen molar-refractivity contribution in [3.63, 3.8) is 0 Å². The van der Waals surface area contributed by atoms with E-state index in [1.807, 2.05) is 48.5 Å². The molecule has 218 valence electrons. The van der Waals surface area contributed by atoms with Gasteiger partial charge in [0, 0.05) is 21.2 Å². The van der Waals surface area contributed by atoms with Gasteiger partial charge in [-0.15, -0.1) is 10.2 Å². The number of aromatic nitrogens is 2. The molecule has 1 atom stereocenters. The number of Topliss-reactive ketones (excluding diaryl/α,β-unsaturated/α-hetero) is 1. The van der Waals surface area contributed by atoms with Crippen molar-refractivity contribution in [2.45, 2.75) is 42.3 Å². The highest BCUT2D eigenvalue weighted by Crippen LogP contribution is 2.44. The number of rotatable bonds is 7. The first kappa shape index (κ1) is 29.4. The number of hydrogen-bond donors (Lipinski definition) is 1. The van der Waals surface area contributed by atoms with E-state index in [1.165, 1.54) is 28.0 Å². The van der Waals surface area contributed by atoms with E-state index in [0.29, 0.717) is 31.3 Å². The standard InChI is InChI=1S/C32H25Cl2N3O4S2/c1-32(2,3)20-11-8-17(9-12-20)26-25(27(38)24-14-18-6-4-5-7-23(18)41-24)28(39)29(40)37(26)30-35-36-31(43-30)42-16-19-10-13-21(33)15-22(19)34/h4-15,26,39H,16H2,1-3H3. The van der Waals surface area contributed by atoms with Gasteiger partial charge in [0.25, 0.3) is 5.91 Å². The van der Waals surface area contributed by atoms with E-state index in [2.05, 4.69) is 31.0 Å². The van der Waals surface area contributed by atoms with Crippen molar-refractivity contribution in [3.8, 4) is 0 Å². The molecule has 0 saturated carbocycles. The molecule has 0 fully saturated rings. The van der Waals surface area contributed by atoms with Crippen molar-refractivity contribution >= 4 is 74.1 Å². The highest BCUT2D eigenvalue weighted by molar-refractivity contribution is 8.00. The number of benzene rings is 3. The zero-order chi connectivity index (χ0) is 30.5. The van der Waals surface area contributed by atoms with E-state index in [1.54, 1.807) is 24.3 Å². The van der Waals surface area contributed by atoms with Crippen LogP contribution in [0.3, 0.4) is 0 Å². The third-order valence-electron chi connectivity index (χ3n) is 7.16. The Morgan fingerprint density at radius 2 is 1.79 bits per heavy atom. The van der Waals surface area contributed by atoms with Crippen LogP contribution in [0.2, 0.25) is 10.0 Å². The Balaban J connectivity index is 1.37. The summed E-state index contributed by atoms with van der Waals surface area (Å²) in [5.41, 5.74) is 2.95. The summed E-state index contributed by atoms with van der Waals surface area (Å²) in [4.78, 5) is 28.9. The Morgan fingerprint density at radius 3 is 2.49 bits per heavy atom. The number of amides is 1. The van der Waals surface area contributed by atoms with Crippen LogP contribution in [-0.2, 0) is 16.0 Å². The molecule has 0 spiro atoms. The van der Waals surface area contributed by atoms with Gasteiger partial charge < -0.3 is 9.52 Å². The highest BCUT2D eigenvalue weighted by Gasteiger charge is 2.47. The normalized spacial score (nSPS) is 15.6. The van der Waals surface area contributed by atoms with Gasteiger partial charge in [-0.25, -0.2) is 0 Å². The molecule has 1 unspecified atom stereocenters. The molecule has 3 aromatic carbocycles. The second-order valence-electron chi connectivity index (χ2n) is 11.1. The van der Waals surface area contributed by atoms with Crippen molar-refractivity contribution in [1.82, 2.24) is 10.2 Å². The van der Waals surface area contributed by atoms with Crippen LogP contribution in [0, 0.1) is 0 Å². The van der Waals surface area contributed by atoms with Crippen LogP contribution >= 0.6 is 46.3 Å². The van der Waals surface area contributed by atoms with Crippen LogP contribution in [0.1, 0.15) is 54.1 Å². The maximum atomic E-state index is 13.9. The summed E-state index contributed by atoms with van der Waals surface area (Å²) in [6.45, 7) is 6.31. The minimum absolute atomic E-state index is 0.0297. The molecule has 0 aliphatic carbocycles. The van der Waals surface area contributed by atoms with Gasteiger partial charge >= 0.3 is 0 Å². The van der Waals surface area contributed by atoms with Gasteiger partial charge in [-0.3, -0.25) is 14.5 Å². The Kier molecular flexibility index (Phi) is 7.85. The fraction of sp³-hybridized carbons (Fsp3) is 0.188. The summed E-state index contributed by atoms with van der Waals surface area (Å²) < 4.78 is 6.43. The lowest BCUT2D eigenvalue weighted by Gasteiger charge is -2.25. The fourth-order valence-electron chi connectivity index (χ4n) is 4.88. The second kappa shape index (κ2) is 11.5. The van der Waals surface area contributed by atoms with Crippen LogP contribution in [0.4, 0.5) is 5.13 Å². The molecule has 5 aromatic rings. The molecule has 1 N–H and O–H groups in total. The predicted octanol–water partition coefficient (Wildman–Crippen LogP) is 8.96. The molecule has 2 aromatic heterocycles. The number of carbonyl (C=O) groups excluding carboxylic acids is 2. The quantitative estimate of drug-likeness (QED) is 0.107. The lowest BCUT2D eigenvalue weighted by molar-refractivity contribution is -0.117. The monoisotopic (exact) mass is 649 g/mol. The molecule has 0 radical (unpaired) electrons. The van der Waals surface area contributed by atoms with Crippen LogP contribution in [-0.4, -0.2) is 27.0 Å². The topological polar surface area (TPSA) is 96.5 Å². The van der Waals surface area contributed by atoms with Crippen molar-refractivity contribution in [2.75, 3.05) is 4.90 Å². The molecular formula is C32H25Cl2N3O4S2. The van der Waals surface area contributed by atoms with E-state index in [9.17, 15) is 14.7 Å². The average molecular weight is 651 g/mol. The Hall–Kier alpha value is -3.63. The smallest absolute Gasteiger partial charge is 0.296 e. The summed E-state index contributed by atoms with van der Waals surface area (Å²) in [5, 5.41) is 21.8. The predicted molar refractivity (Wildman–Crippen MR) is 172 cm³/mol. The number of aliphatic hydroxyl groups is 1. The number of thioether (sulfide) groups is 1. The maximum Gasteiger partial charge on any atom is 0.296 e. The summed E-state index contributed by atoms with van der Waals surface area (Å²) in [7, 11) is 0. The summed E-state index contributed by atoms with van der Waals surface area (Å²) in [6, 6.07) is 20.9. The van der Waals surface area contributed by atoms with Gasteiger partial charge in [0.2, 0.25) is 10.9 Å². The Labute approximate surface area is 266 Å². The number of aliphatic hydroxyl groups excluding tert-OH is 1. The molecule has 1 amide bonds. The van der Waals surface area contributed by atoms with Crippen LogP contribution in [0.5, 0.6) is 0 Å². The minimum Gasteiger partial charge on any atom is -0.503 e. The number of fused-ring (bicyclic) bond motifs is 1. The molecule has 0 saturated heterocycles. The van der Waals surface area contributed by atoms with E-state index in [4.69, 9.17) is 27.6 Å². The zero-order valence-electron chi connectivity index (χ0n) is 23.3. The second-order valence-corrected chi connectivity index (χ2v) is 14.1. The van der Waals surface area contributed by atoms with Gasteiger partial charge in [-0.2, -0.15) is 0 Å². The Bertz CT molecular complexity index is 1870. The van der Waals surface area contributed by atoms with Crippen molar-refractivity contribution in [3.05, 3.63) is 117 Å². The first-order valence-electron chi connectivity index (χ1n) is 13.3. The van der Waals surface area contributed by atoms with E-state index >= 15 is 0 Å². The molecule has 3 heterocycles. The van der Waals surface area contributed by atoms with Crippen molar-refractivity contribution in [2.24, 2.45) is 0 Å². The van der Waals surface area contributed by atoms with Crippen LogP contribution < -0.4 is 4.90 Å². The first-order valence-corrected chi connectivity index (χ1v) is 15.9. The third kappa shape index (κ3) is 5.70. The molecule has 1 aliphatic rings. The van der Waals surface area contributed by atoms with Crippen LogP contribution in [0.25, 0.3) is 11.0 Å². The third-order valence-corrected chi connectivity index (χ3v) is 9.85. The number of para-hydroxylation sites is 1. The first-order chi connectivity index (χ1) is 20.5. The maximum absolute atomic E-state index is 13.9. The van der Waals surface area contributed by atoms with Crippen molar-refractivity contribution < 1.29 is 19.1 Å². The molecule has 0 bridgehead atoms. The SMILES string of the molecule is CC(C)(C)c1ccc(C2C(C(=O)c3cc4ccccc4o3)=C(O)C(=O)N2c2nnc(SCc3ccc(Cl)cc3Cl)s2)cc1. The van der Waals surface area contributed by atoms with E-state index in [-0.39, 0.29) is 21.9 Å². The lowest BCUT2D eigenvalue weighted by atomic mass is 9.85. The van der Waals surface area contributed by atoms with Gasteiger partial charge in [0.05, 0.1) is 11.6 Å². The van der Waals surface area contributed by atoms with E-state index in [0.717, 1.165) is 16.5 Å². The lowest BCUT2D eigenvalue weighted by Crippen LogP contribution is -2.31. The number of halogens is 2. The Morgan fingerprint density at radius 1 is 1.05 bits per heavy atom.